The van der Waals surface area contributed by atoms with Crippen LogP contribution >= 0.6 is 11.6 Å². The van der Waals surface area contributed by atoms with Gasteiger partial charge in [-0.05, 0) is 19.4 Å². The predicted octanol–water partition coefficient (Wildman–Crippen LogP) is 2.32. The third kappa shape index (κ3) is 3.07. The van der Waals surface area contributed by atoms with Crippen LogP contribution in [0.2, 0.25) is 0 Å². The first kappa shape index (κ1) is 12.7. The number of esters is 1. The van der Waals surface area contributed by atoms with Gasteiger partial charge in [-0.15, -0.1) is 0 Å². The molecule has 0 radical (unpaired) electrons. The fourth-order valence-electron chi connectivity index (χ4n) is 1.00. The van der Waals surface area contributed by atoms with Gasteiger partial charge in [0.25, 0.3) is 0 Å². The molecule has 0 saturated heterocycles. The standard InChI is InChI=1S/C12H13ClO3/c1-9(14)12(2,13)11(15)16-8-10-6-4-3-5-7-10/h3-7H,8H2,1-2H3. The van der Waals surface area contributed by atoms with Crippen molar-refractivity contribution in [1.29, 1.82) is 0 Å². The average Bonchev–Trinajstić information content (AvgIpc) is 2.27. The lowest BCUT2D eigenvalue weighted by atomic mass is 10.1. The first-order chi connectivity index (χ1) is 7.44. The molecule has 0 amide bonds. The highest BCUT2D eigenvalue weighted by atomic mass is 35.5. The maximum absolute atomic E-state index is 11.5. The SMILES string of the molecule is CC(=O)C(C)(Cl)C(=O)OCc1ccccc1. The van der Waals surface area contributed by atoms with Gasteiger partial charge in [-0.3, -0.25) is 4.79 Å². The smallest absolute Gasteiger partial charge is 0.334 e. The molecule has 16 heavy (non-hydrogen) atoms. The van der Waals surface area contributed by atoms with Crippen molar-refractivity contribution >= 4 is 23.4 Å². The molecule has 1 rings (SSSR count). The number of ketones is 1. The van der Waals surface area contributed by atoms with Gasteiger partial charge in [0.05, 0.1) is 0 Å². The largest absolute Gasteiger partial charge is 0.459 e. The fourth-order valence-corrected chi connectivity index (χ4v) is 1.06. The Morgan fingerprint density at radius 2 is 1.88 bits per heavy atom. The molecule has 1 aromatic carbocycles. The highest BCUT2D eigenvalue weighted by Gasteiger charge is 2.37. The van der Waals surface area contributed by atoms with Crippen LogP contribution in [-0.4, -0.2) is 16.6 Å². The summed E-state index contributed by atoms with van der Waals surface area (Å²) >= 11 is 5.76. The van der Waals surface area contributed by atoms with Crippen molar-refractivity contribution in [2.45, 2.75) is 25.3 Å². The molecule has 3 nitrogen and oxygen atoms in total. The minimum atomic E-state index is -1.59. The van der Waals surface area contributed by atoms with E-state index < -0.39 is 16.6 Å². The second-order valence-electron chi connectivity index (χ2n) is 3.62. The number of alkyl halides is 1. The lowest BCUT2D eigenvalue weighted by Gasteiger charge is -2.16. The van der Waals surface area contributed by atoms with E-state index in [1.807, 2.05) is 30.3 Å². The normalized spacial score (nSPS) is 13.9. The lowest BCUT2D eigenvalue weighted by Crippen LogP contribution is -2.37. The molecule has 0 aromatic heterocycles. The number of hydrogen-bond acceptors (Lipinski definition) is 3. The number of benzene rings is 1. The fraction of sp³-hybridized carbons (Fsp3) is 0.333. The third-order valence-electron chi connectivity index (χ3n) is 2.26. The quantitative estimate of drug-likeness (QED) is 0.461. The summed E-state index contributed by atoms with van der Waals surface area (Å²) in [4.78, 5) is 21.0. The molecule has 0 heterocycles. The molecule has 86 valence electrons. The average molecular weight is 241 g/mol. The van der Waals surface area contributed by atoms with E-state index in [1.165, 1.54) is 13.8 Å². The highest BCUT2D eigenvalue weighted by Crippen LogP contribution is 2.18. The maximum Gasteiger partial charge on any atom is 0.334 e. The molecular formula is C12H13ClO3. The summed E-state index contributed by atoms with van der Waals surface area (Å²) in [5.74, 6) is -1.14. The van der Waals surface area contributed by atoms with Gasteiger partial charge in [0, 0.05) is 0 Å². The lowest BCUT2D eigenvalue weighted by molar-refractivity contribution is -0.150. The zero-order valence-corrected chi connectivity index (χ0v) is 9.95. The van der Waals surface area contributed by atoms with Crippen molar-refractivity contribution < 1.29 is 14.3 Å². The minimum absolute atomic E-state index is 0.120. The Morgan fingerprint density at radius 3 is 2.38 bits per heavy atom. The first-order valence-electron chi connectivity index (χ1n) is 4.85. The summed E-state index contributed by atoms with van der Waals surface area (Å²) < 4.78 is 4.96. The van der Waals surface area contributed by atoms with Gasteiger partial charge in [-0.25, -0.2) is 4.79 Å². The summed E-state index contributed by atoms with van der Waals surface area (Å²) in [5.41, 5.74) is 0.854. The zero-order valence-electron chi connectivity index (χ0n) is 9.20. The maximum atomic E-state index is 11.5. The summed E-state index contributed by atoms with van der Waals surface area (Å²) in [6.07, 6.45) is 0. The number of hydrogen-bond donors (Lipinski definition) is 0. The molecule has 1 atom stereocenters. The van der Waals surface area contributed by atoms with Crippen molar-refractivity contribution in [3.8, 4) is 0 Å². The van der Waals surface area contributed by atoms with E-state index >= 15 is 0 Å². The van der Waals surface area contributed by atoms with E-state index in [4.69, 9.17) is 16.3 Å². The molecule has 1 unspecified atom stereocenters. The summed E-state index contributed by atoms with van der Waals surface area (Å²) in [5, 5.41) is 0. The number of carbonyl (C=O) groups is 2. The topological polar surface area (TPSA) is 43.4 Å². The van der Waals surface area contributed by atoms with Crippen molar-refractivity contribution in [3.63, 3.8) is 0 Å². The molecule has 0 aliphatic carbocycles. The van der Waals surface area contributed by atoms with Crippen LogP contribution in [0.5, 0.6) is 0 Å². The summed E-state index contributed by atoms with van der Waals surface area (Å²) in [6.45, 7) is 2.72. The highest BCUT2D eigenvalue weighted by molar-refractivity contribution is 6.45. The molecule has 0 saturated carbocycles. The van der Waals surface area contributed by atoms with E-state index in [1.54, 1.807) is 0 Å². The number of rotatable bonds is 4. The van der Waals surface area contributed by atoms with Crippen LogP contribution in [-0.2, 0) is 20.9 Å². The molecule has 0 bridgehead atoms. The van der Waals surface area contributed by atoms with E-state index in [0.717, 1.165) is 5.56 Å². The van der Waals surface area contributed by atoms with Crippen LogP contribution in [0.3, 0.4) is 0 Å². The Hall–Kier alpha value is -1.35. The van der Waals surface area contributed by atoms with Gasteiger partial charge in [-0.1, -0.05) is 41.9 Å². The molecule has 0 spiro atoms. The summed E-state index contributed by atoms with van der Waals surface area (Å²) in [7, 11) is 0. The van der Waals surface area contributed by atoms with Gasteiger partial charge in [0.15, 0.2) is 10.7 Å². The van der Waals surface area contributed by atoms with E-state index in [-0.39, 0.29) is 6.61 Å². The Kier molecular flexibility index (Phi) is 4.07. The van der Waals surface area contributed by atoms with Crippen LogP contribution in [0.1, 0.15) is 19.4 Å². The van der Waals surface area contributed by atoms with Crippen molar-refractivity contribution in [1.82, 2.24) is 0 Å². The number of ether oxygens (including phenoxy) is 1. The molecule has 0 fully saturated rings. The Bertz CT molecular complexity index is 385. The van der Waals surface area contributed by atoms with Gasteiger partial charge in [0.2, 0.25) is 0 Å². The van der Waals surface area contributed by atoms with Gasteiger partial charge in [-0.2, -0.15) is 0 Å². The monoisotopic (exact) mass is 240 g/mol. The van der Waals surface area contributed by atoms with Crippen LogP contribution in [0, 0.1) is 0 Å². The zero-order chi connectivity index (χ0) is 12.2. The minimum Gasteiger partial charge on any atom is -0.459 e. The van der Waals surface area contributed by atoms with Crippen molar-refractivity contribution in [3.05, 3.63) is 35.9 Å². The Balaban J connectivity index is 2.57. The second kappa shape index (κ2) is 5.12. The number of Topliss-reactive ketones (excluding diaryl/α,β-unsaturated/α-hetero) is 1. The van der Waals surface area contributed by atoms with E-state index in [0.29, 0.717) is 0 Å². The van der Waals surface area contributed by atoms with Crippen LogP contribution < -0.4 is 0 Å². The molecule has 0 N–H and O–H groups in total. The molecule has 1 aromatic rings. The third-order valence-corrected chi connectivity index (χ3v) is 2.68. The molecule has 0 aliphatic rings. The van der Waals surface area contributed by atoms with Gasteiger partial charge >= 0.3 is 5.97 Å². The predicted molar refractivity (Wildman–Crippen MR) is 61.2 cm³/mol. The van der Waals surface area contributed by atoms with E-state index in [9.17, 15) is 9.59 Å². The van der Waals surface area contributed by atoms with Crippen molar-refractivity contribution in [2.24, 2.45) is 0 Å². The Labute approximate surface area is 99.4 Å². The Morgan fingerprint density at radius 1 is 1.31 bits per heavy atom. The molecule has 0 aliphatic heterocycles. The van der Waals surface area contributed by atoms with Gasteiger partial charge in [0.1, 0.15) is 6.61 Å². The molecular weight excluding hydrogens is 228 g/mol. The number of halogens is 1. The van der Waals surface area contributed by atoms with E-state index in [2.05, 4.69) is 0 Å². The van der Waals surface area contributed by atoms with Gasteiger partial charge < -0.3 is 4.74 Å². The number of carbonyl (C=O) groups excluding carboxylic acids is 2. The first-order valence-corrected chi connectivity index (χ1v) is 5.23. The molecule has 4 heteroatoms. The van der Waals surface area contributed by atoms with Crippen LogP contribution in [0.4, 0.5) is 0 Å². The van der Waals surface area contributed by atoms with Crippen LogP contribution in [0.15, 0.2) is 30.3 Å². The van der Waals surface area contributed by atoms with Crippen molar-refractivity contribution in [2.75, 3.05) is 0 Å². The second-order valence-corrected chi connectivity index (χ2v) is 4.38. The summed E-state index contributed by atoms with van der Waals surface area (Å²) in [6, 6.07) is 9.20. The van der Waals surface area contributed by atoms with Crippen LogP contribution in [0.25, 0.3) is 0 Å².